The largest absolute Gasteiger partial charge is 0.480 e. The maximum absolute atomic E-state index is 14.6. The van der Waals surface area contributed by atoms with Crippen LogP contribution in [0.1, 0.15) is 49.1 Å². The van der Waals surface area contributed by atoms with Gasteiger partial charge in [0.05, 0.1) is 11.4 Å². The lowest BCUT2D eigenvalue weighted by atomic mass is 9.76. The SMILES string of the molecule is CC(=O)NCc1ccc([C@@H](Oc2cc(N3CCC4(CC3)CNC(C(=O)O)C4)nc(N)n2)C(F)(F)F)c(-n2ccc(C)n2)c1. The lowest BCUT2D eigenvalue weighted by molar-refractivity contribution is -0.198. The number of amides is 1. The number of carbonyl (C=O) groups is 2. The van der Waals surface area contributed by atoms with Crippen LogP contribution in [-0.4, -0.2) is 68.6 Å². The van der Waals surface area contributed by atoms with Gasteiger partial charge in [0, 0.05) is 50.9 Å². The molecule has 12 nitrogen and oxygen atoms in total. The Morgan fingerprint density at radius 3 is 2.58 bits per heavy atom. The highest BCUT2D eigenvalue weighted by molar-refractivity contribution is 5.74. The van der Waals surface area contributed by atoms with Gasteiger partial charge in [0.15, 0.2) is 0 Å². The molecule has 3 aromatic rings. The fraction of sp³-hybridized carbons (Fsp3) is 0.464. The summed E-state index contributed by atoms with van der Waals surface area (Å²) in [5.41, 5.74) is 6.87. The number of hydrogen-bond donors (Lipinski definition) is 4. The van der Waals surface area contributed by atoms with Crippen molar-refractivity contribution in [1.82, 2.24) is 30.4 Å². The van der Waals surface area contributed by atoms with E-state index < -0.39 is 24.3 Å². The summed E-state index contributed by atoms with van der Waals surface area (Å²) in [7, 11) is 0. The van der Waals surface area contributed by atoms with E-state index in [-0.39, 0.29) is 40.9 Å². The van der Waals surface area contributed by atoms with Crippen LogP contribution in [-0.2, 0) is 16.1 Å². The van der Waals surface area contributed by atoms with Crippen molar-refractivity contribution in [3.8, 4) is 11.6 Å². The Labute approximate surface area is 245 Å². The first kappa shape index (κ1) is 30.1. The van der Waals surface area contributed by atoms with E-state index in [9.17, 15) is 27.9 Å². The monoisotopic (exact) mass is 602 g/mol. The molecule has 4 heterocycles. The number of halogens is 3. The lowest BCUT2D eigenvalue weighted by Crippen LogP contribution is -2.41. The van der Waals surface area contributed by atoms with Crippen molar-refractivity contribution in [2.24, 2.45) is 5.41 Å². The number of piperidine rings is 1. The van der Waals surface area contributed by atoms with Gasteiger partial charge in [-0.05, 0) is 49.3 Å². The third kappa shape index (κ3) is 6.82. The van der Waals surface area contributed by atoms with Gasteiger partial charge in [-0.3, -0.25) is 9.59 Å². The Morgan fingerprint density at radius 2 is 1.98 bits per heavy atom. The average Bonchev–Trinajstić information content (AvgIpc) is 3.57. The second-order valence-electron chi connectivity index (χ2n) is 11.1. The number of aromatic nitrogens is 4. The molecule has 1 unspecified atom stereocenters. The van der Waals surface area contributed by atoms with Gasteiger partial charge >= 0.3 is 12.1 Å². The minimum absolute atomic E-state index is 0.121. The summed E-state index contributed by atoms with van der Waals surface area (Å²) in [6.07, 6.45) is -3.83. The summed E-state index contributed by atoms with van der Waals surface area (Å²) >= 11 is 0. The van der Waals surface area contributed by atoms with Crippen LogP contribution >= 0.6 is 0 Å². The number of nitrogens with zero attached hydrogens (tertiary/aromatic N) is 5. The minimum atomic E-state index is -4.84. The van der Waals surface area contributed by atoms with E-state index in [0.29, 0.717) is 56.0 Å². The molecule has 1 aromatic carbocycles. The first-order valence-electron chi connectivity index (χ1n) is 13.8. The molecule has 1 amide bonds. The summed E-state index contributed by atoms with van der Waals surface area (Å²) in [6.45, 7) is 4.82. The van der Waals surface area contributed by atoms with Crippen molar-refractivity contribution in [1.29, 1.82) is 0 Å². The van der Waals surface area contributed by atoms with E-state index in [1.807, 2.05) is 4.90 Å². The molecule has 2 saturated heterocycles. The molecule has 1 spiro atoms. The third-order valence-electron chi connectivity index (χ3n) is 7.94. The highest BCUT2D eigenvalue weighted by atomic mass is 19.4. The number of nitrogen functional groups attached to an aromatic ring is 1. The van der Waals surface area contributed by atoms with Crippen LogP contribution in [0.15, 0.2) is 36.5 Å². The second kappa shape index (κ2) is 11.7. The van der Waals surface area contributed by atoms with Crippen molar-refractivity contribution in [2.45, 2.75) is 58.0 Å². The quantitative estimate of drug-likeness (QED) is 0.302. The van der Waals surface area contributed by atoms with Gasteiger partial charge in [0.2, 0.25) is 23.8 Å². The van der Waals surface area contributed by atoms with Crippen molar-refractivity contribution in [3.05, 3.63) is 53.3 Å². The molecule has 2 fully saturated rings. The first-order chi connectivity index (χ1) is 20.3. The van der Waals surface area contributed by atoms with E-state index in [0.717, 1.165) is 0 Å². The number of rotatable bonds is 8. The fourth-order valence-electron chi connectivity index (χ4n) is 5.66. The maximum Gasteiger partial charge on any atom is 0.429 e. The normalized spacial score (nSPS) is 18.9. The predicted octanol–water partition coefficient (Wildman–Crippen LogP) is 2.90. The molecule has 230 valence electrons. The molecule has 2 aromatic heterocycles. The summed E-state index contributed by atoms with van der Waals surface area (Å²) in [5, 5.41) is 19.4. The number of benzene rings is 1. The van der Waals surface area contributed by atoms with Crippen LogP contribution in [0.4, 0.5) is 24.9 Å². The van der Waals surface area contributed by atoms with Crippen LogP contribution in [0.5, 0.6) is 5.88 Å². The van der Waals surface area contributed by atoms with Gasteiger partial charge in [-0.2, -0.15) is 28.2 Å². The number of carboxylic acids is 1. The second-order valence-corrected chi connectivity index (χ2v) is 11.1. The fourth-order valence-corrected chi connectivity index (χ4v) is 5.66. The van der Waals surface area contributed by atoms with Gasteiger partial charge in [-0.1, -0.05) is 12.1 Å². The molecule has 43 heavy (non-hydrogen) atoms. The van der Waals surface area contributed by atoms with E-state index in [1.54, 1.807) is 19.2 Å². The van der Waals surface area contributed by atoms with Crippen LogP contribution < -0.4 is 26.0 Å². The van der Waals surface area contributed by atoms with E-state index in [2.05, 4.69) is 25.7 Å². The molecule has 0 bridgehead atoms. The smallest absolute Gasteiger partial charge is 0.429 e. The predicted molar refractivity (Wildman–Crippen MR) is 150 cm³/mol. The number of aryl methyl sites for hydroxylation is 1. The number of anilines is 2. The Bertz CT molecular complexity index is 1500. The van der Waals surface area contributed by atoms with Gasteiger partial charge in [0.25, 0.3) is 0 Å². The number of hydrogen-bond acceptors (Lipinski definition) is 9. The number of aliphatic carboxylic acids is 1. The van der Waals surface area contributed by atoms with E-state index in [1.165, 1.54) is 35.9 Å². The zero-order chi connectivity index (χ0) is 30.9. The lowest BCUT2D eigenvalue weighted by Gasteiger charge is -2.39. The van der Waals surface area contributed by atoms with E-state index >= 15 is 0 Å². The number of carbonyl (C=O) groups excluding carboxylic acids is 1. The topological polar surface area (TPSA) is 161 Å². The van der Waals surface area contributed by atoms with Crippen LogP contribution in [0.2, 0.25) is 0 Å². The minimum Gasteiger partial charge on any atom is -0.480 e. The van der Waals surface area contributed by atoms with E-state index in [4.69, 9.17) is 10.5 Å². The molecule has 2 atom stereocenters. The summed E-state index contributed by atoms with van der Waals surface area (Å²) < 4.78 is 50.7. The molecule has 0 saturated carbocycles. The summed E-state index contributed by atoms with van der Waals surface area (Å²) in [6, 6.07) is 6.73. The number of alkyl halides is 3. The Morgan fingerprint density at radius 1 is 1.23 bits per heavy atom. The Kier molecular flexibility index (Phi) is 8.18. The summed E-state index contributed by atoms with van der Waals surface area (Å²) in [4.78, 5) is 32.9. The molecule has 5 rings (SSSR count). The molecular formula is C28H33F3N8O4. The summed E-state index contributed by atoms with van der Waals surface area (Å²) in [5.74, 6) is -1.41. The van der Waals surface area contributed by atoms with Gasteiger partial charge in [-0.15, -0.1) is 0 Å². The Balaban J connectivity index is 1.41. The van der Waals surface area contributed by atoms with Gasteiger partial charge in [-0.25, -0.2) is 4.68 Å². The number of nitrogens with two attached hydrogens (primary N) is 1. The first-order valence-corrected chi connectivity index (χ1v) is 13.8. The molecule has 2 aliphatic heterocycles. The standard InChI is InChI=1S/C28H33F3N8O4/c1-16-5-8-39(37-16)21-11-18(14-33-17(2)40)3-4-19(21)24(28(29,30)31)43-23-12-22(35-26(32)36-23)38-9-6-27(7-10-38)13-20(25(41)42)34-15-27/h3-5,8,11-12,20,24,34H,6-7,9-10,13-15H2,1-2H3,(H,33,40)(H,41,42)(H2,32,35,36)/t20?,24-/m1/s1. The van der Waals surface area contributed by atoms with Crippen LogP contribution in [0.3, 0.4) is 0 Å². The zero-order valence-corrected chi connectivity index (χ0v) is 23.7. The molecule has 2 aliphatic rings. The molecular weight excluding hydrogens is 569 g/mol. The maximum atomic E-state index is 14.6. The zero-order valence-electron chi connectivity index (χ0n) is 23.7. The third-order valence-corrected chi connectivity index (χ3v) is 7.94. The molecule has 5 N–H and O–H groups in total. The number of carboxylic acid groups (broad SMARTS) is 1. The molecule has 0 aliphatic carbocycles. The van der Waals surface area contributed by atoms with Crippen molar-refractivity contribution >= 4 is 23.6 Å². The van der Waals surface area contributed by atoms with Gasteiger partial charge in [0.1, 0.15) is 11.9 Å². The van der Waals surface area contributed by atoms with Crippen LogP contribution in [0, 0.1) is 12.3 Å². The highest BCUT2D eigenvalue weighted by Gasteiger charge is 2.46. The number of nitrogens with one attached hydrogen (secondary N) is 2. The highest BCUT2D eigenvalue weighted by Crippen LogP contribution is 2.42. The van der Waals surface area contributed by atoms with Crippen molar-refractivity contribution in [2.75, 3.05) is 30.3 Å². The average molecular weight is 603 g/mol. The van der Waals surface area contributed by atoms with Crippen molar-refractivity contribution in [3.63, 3.8) is 0 Å². The molecule has 15 heteroatoms. The van der Waals surface area contributed by atoms with Crippen molar-refractivity contribution < 1.29 is 32.6 Å². The van der Waals surface area contributed by atoms with Crippen LogP contribution in [0.25, 0.3) is 5.69 Å². The van der Waals surface area contributed by atoms with Gasteiger partial charge < -0.3 is 31.1 Å². The Hall–Kier alpha value is -4.40. The molecule has 0 radical (unpaired) electrons. The number of ether oxygens (including phenoxy) is 1.